The summed E-state index contributed by atoms with van der Waals surface area (Å²) in [4.78, 5) is 88.5. The standard InChI is InChI=1S/C37H49N9O12.C2H6/c1-19-55-24-15-29(58-37(2,3)4)57-25(31(24)56-19)18-54-28(49)12-11-27(48)40-14-13-39-26(47)10-9-23(35(52)53)44-33(50)20-5-7-21(8-6-20)41-16-22-17-42-32-30(43-22)34(51)46-36(38)45-32;1-2/h5-8,17,19,23-25,29,31,41H,9-16,18H2,1-4H3,(H,39,47)(H,40,48)(H,44,50)(H,52,53)(H3,38,42,45,46,51);1-2H3/t19?,23?,24-,25?,29?,31?;/m1./s1. The molecule has 1 aromatic carbocycles. The van der Waals surface area contributed by atoms with Crippen LogP contribution >= 0.6 is 0 Å². The van der Waals surface area contributed by atoms with Crippen molar-refractivity contribution in [1.82, 2.24) is 35.9 Å². The van der Waals surface area contributed by atoms with Crippen LogP contribution in [0.1, 0.15) is 89.7 Å². The zero-order valence-corrected chi connectivity index (χ0v) is 34.6. The molecule has 328 valence electrons. The number of nitrogens with two attached hydrogens (primary N) is 1. The number of amides is 3. The number of benzene rings is 1. The number of H-pyrrole nitrogens is 1. The van der Waals surface area contributed by atoms with Gasteiger partial charge in [0, 0.05) is 43.6 Å². The number of aliphatic carboxylic acids is 1. The molecule has 2 saturated heterocycles. The molecule has 2 aliphatic rings. The number of carboxylic acids is 1. The van der Waals surface area contributed by atoms with Crippen molar-refractivity contribution in [1.29, 1.82) is 0 Å². The van der Waals surface area contributed by atoms with Gasteiger partial charge in [-0.15, -0.1) is 0 Å². The quantitative estimate of drug-likeness (QED) is 0.0705. The van der Waals surface area contributed by atoms with Crippen molar-refractivity contribution >= 4 is 52.5 Å². The molecule has 2 aromatic heterocycles. The molecule has 2 aliphatic heterocycles. The molecule has 2 fully saturated rings. The Morgan fingerprint density at radius 2 is 1.67 bits per heavy atom. The van der Waals surface area contributed by atoms with E-state index in [1.807, 2.05) is 34.6 Å². The molecular weight excluding hydrogens is 786 g/mol. The minimum absolute atomic E-state index is 0.0380. The van der Waals surface area contributed by atoms with Gasteiger partial charge >= 0.3 is 11.9 Å². The largest absolute Gasteiger partial charge is 0.480 e. The number of aromatic amines is 1. The molecule has 0 radical (unpaired) electrons. The van der Waals surface area contributed by atoms with E-state index in [9.17, 15) is 33.9 Å². The first-order chi connectivity index (χ1) is 28.5. The molecule has 4 heterocycles. The van der Waals surface area contributed by atoms with E-state index in [0.29, 0.717) is 17.8 Å². The van der Waals surface area contributed by atoms with Crippen LogP contribution in [0, 0.1) is 0 Å². The van der Waals surface area contributed by atoms with E-state index in [4.69, 9.17) is 29.4 Å². The number of fused-ring (bicyclic) bond motifs is 2. The predicted molar refractivity (Wildman–Crippen MR) is 215 cm³/mol. The number of nitrogen functional groups attached to an aromatic ring is 1. The smallest absolute Gasteiger partial charge is 0.326 e. The topological polar surface area (TPSA) is 297 Å². The van der Waals surface area contributed by atoms with Crippen LogP contribution in [-0.4, -0.2) is 117 Å². The first-order valence-electron chi connectivity index (χ1n) is 19.7. The molecule has 8 N–H and O–H groups in total. The lowest BCUT2D eigenvalue weighted by Gasteiger charge is -2.38. The van der Waals surface area contributed by atoms with E-state index in [2.05, 4.69) is 41.2 Å². The third-order valence-electron chi connectivity index (χ3n) is 8.79. The molecular formula is C39H55N9O12. The Kier molecular flexibility index (Phi) is 17.2. The maximum Gasteiger partial charge on any atom is 0.326 e. The molecule has 3 aromatic rings. The maximum atomic E-state index is 12.8. The summed E-state index contributed by atoms with van der Waals surface area (Å²) in [6.07, 6.45) is -1.10. The summed E-state index contributed by atoms with van der Waals surface area (Å²) in [7, 11) is 0. The summed E-state index contributed by atoms with van der Waals surface area (Å²) in [5, 5.41) is 20.4. The van der Waals surface area contributed by atoms with Crippen LogP contribution in [0.2, 0.25) is 0 Å². The number of carbonyl (C=O) groups is 5. The van der Waals surface area contributed by atoms with Crippen molar-refractivity contribution in [3.8, 4) is 0 Å². The molecule has 0 bridgehead atoms. The van der Waals surface area contributed by atoms with E-state index in [-0.39, 0.29) is 80.7 Å². The lowest BCUT2D eigenvalue weighted by molar-refractivity contribution is -0.267. The molecule has 6 atom stereocenters. The van der Waals surface area contributed by atoms with Crippen LogP contribution in [0.25, 0.3) is 11.2 Å². The zero-order chi connectivity index (χ0) is 44.0. The fourth-order valence-corrected chi connectivity index (χ4v) is 6.11. The molecule has 3 amide bonds. The van der Waals surface area contributed by atoms with Crippen molar-refractivity contribution in [3.05, 3.63) is 52.1 Å². The van der Waals surface area contributed by atoms with Crippen LogP contribution in [0.4, 0.5) is 11.6 Å². The Labute approximate surface area is 346 Å². The lowest BCUT2D eigenvalue weighted by Crippen LogP contribution is -2.51. The van der Waals surface area contributed by atoms with Crippen molar-refractivity contribution in [2.75, 3.05) is 30.7 Å². The molecule has 5 unspecified atom stereocenters. The van der Waals surface area contributed by atoms with Gasteiger partial charge in [-0.05, 0) is 58.4 Å². The van der Waals surface area contributed by atoms with Gasteiger partial charge in [-0.2, -0.15) is 4.98 Å². The third-order valence-corrected chi connectivity index (χ3v) is 8.79. The highest BCUT2D eigenvalue weighted by atomic mass is 16.8. The average molecular weight is 842 g/mol. The third kappa shape index (κ3) is 14.5. The van der Waals surface area contributed by atoms with E-state index in [1.54, 1.807) is 19.1 Å². The van der Waals surface area contributed by atoms with Gasteiger partial charge < -0.3 is 55.8 Å². The first-order valence-corrected chi connectivity index (χ1v) is 19.7. The number of nitrogens with one attached hydrogen (secondary N) is 5. The minimum Gasteiger partial charge on any atom is -0.480 e. The van der Waals surface area contributed by atoms with Crippen molar-refractivity contribution in [2.24, 2.45) is 0 Å². The van der Waals surface area contributed by atoms with Gasteiger partial charge in [0.1, 0.15) is 24.9 Å². The van der Waals surface area contributed by atoms with E-state index < -0.39 is 71.7 Å². The zero-order valence-electron chi connectivity index (χ0n) is 34.6. The van der Waals surface area contributed by atoms with Gasteiger partial charge in [-0.1, -0.05) is 13.8 Å². The summed E-state index contributed by atoms with van der Waals surface area (Å²) >= 11 is 0. The monoisotopic (exact) mass is 841 g/mol. The fraction of sp³-hybridized carbons (Fsp3) is 0.564. The second-order valence-corrected chi connectivity index (χ2v) is 14.6. The first kappa shape index (κ1) is 46.9. The number of aromatic nitrogens is 4. The Morgan fingerprint density at radius 3 is 2.33 bits per heavy atom. The molecule has 0 spiro atoms. The van der Waals surface area contributed by atoms with Gasteiger partial charge in [0.25, 0.3) is 11.5 Å². The number of hydrogen-bond donors (Lipinski definition) is 7. The summed E-state index contributed by atoms with van der Waals surface area (Å²) in [5.41, 5.74) is 5.95. The highest BCUT2D eigenvalue weighted by Crippen LogP contribution is 2.34. The summed E-state index contributed by atoms with van der Waals surface area (Å²) in [6.45, 7) is 11.7. The number of nitrogens with zero attached hydrogens (tertiary/aromatic N) is 3. The second-order valence-electron chi connectivity index (χ2n) is 14.6. The Hall–Kier alpha value is -5.77. The SMILES string of the molecule is CC.CC1OC2C(COC(=O)CCC(=O)NCCNC(=O)CCC(NC(=O)c3ccc(NCc4cnc5nc(N)[nH]c(=O)c5n4)cc3)C(=O)O)OC(OC(C)(C)C)C[C@H]2O1. The van der Waals surface area contributed by atoms with E-state index >= 15 is 0 Å². The normalized spacial score (nSPS) is 20.1. The van der Waals surface area contributed by atoms with Gasteiger partial charge in [0.2, 0.25) is 17.8 Å². The Balaban J connectivity index is 0.00000391. The molecule has 0 saturated carbocycles. The van der Waals surface area contributed by atoms with E-state index in [0.717, 1.165) is 0 Å². The lowest BCUT2D eigenvalue weighted by atomic mass is 10.0. The van der Waals surface area contributed by atoms with Crippen LogP contribution in [-0.2, 0) is 49.4 Å². The Morgan fingerprint density at radius 1 is 0.983 bits per heavy atom. The fourth-order valence-electron chi connectivity index (χ4n) is 6.11. The van der Waals surface area contributed by atoms with Crippen LogP contribution < -0.4 is 32.6 Å². The van der Waals surface area contributed by atoms with E-state index in [1.165, 1.54) is 18.3 Å². The maximum absolute atomic E-state index is 12.8. The van der Waals surface area contributed by atoms with Crippen molar-refractivity contribution in [3.63, 3.8) is 0 Å². The van der Waals surface area contributed by atoms with Gasteiger partial charge in [-0.3, -0.25) is 29.0 Å². The number of rotatable bonds is 18. The number of carboxylic acid groups (broad SMARTS) is 1. The van der Waals surface area contributed by atoms with Crippen molar-refractivity contribution in [2.45, 2.75) is 123 Å². The van der Waals surface area contributed by atoms with Crippen LogP contribution in [0.15, 0.2) is 35.3 Å². The van der Waals surface area contributed by atoms with Crippen LogP contribution in [0.3, 0.4) is 0 Å². The number of esters is 1. The number of anilines is 2. The average Bonchev–Trinajstić information content (AvgIpc) is 3.58. The van der Waals surface area contributed by atoms with Crippen LogP contribution in [0.5, 0.6) is 0 Å². The summed E-state index contributed by atoms with van der Waals surface area (Å²) < 4.78 is 29.0. The summed E-state index contributed by atoms with van der Waals surface area (Å²) in [6, 6.07) is 4.85. The molecule has 5 rings (SSSR count). The second kappa shape index (κ2) is 22.0. The molecule has 0 aliphatic carbocycles. The highest BCUT2D eigenvalue weighted by molar-refractivity contribution is 5.97. The van der Waals surface area contributed by atoms with Gasteiger partial charge in [0.15, 0.2) is 23.7 Å². The predicted octanol–water partition coefficient (Wildman–Crippen LogP) is 1.51. The summed E-state index contributed by atoms with van der Waals surface area (Å²) in [5.74, 6) is -3.55. The number of hydrogen-bond acceptors (Lipinski definition) is 16. The number of ether oxygens (including phenoxy) is 5. The van der Waals surface area contributed by atoms with Crippen molar-refractivity contribution < 1.29 is 52.8 Å². The molecule has 60 heavy (non-hydrogen) atoms. The Bertz CT molecular complexity index is 2010. The highest BCUT2D eigenvalue weighted by Gasteiger charge is 2.47. The number of carbonyl (C=O) groups excluding carboxylic acids is 4. The van der Waals surface area contributed by atoms with Gasteiger partial charge in [-0.25, -0.2) is 14.8 Å². The molecule has 21 heteroatoms. The minimum atomic E-state index is -1.35. The molecule has 21 nitrogen and oxygen atoms in total. The van der Waals surface area contributed by atoms with Gasteiger partial charge in [0.05, 0.1) is 36.6 Å².